The van der Waals surface area contributed by atoms with Gasteiger partial charge in [-0.3, -0.25) is 4.79 Å². The van der Waals surface area contributed by atoms with Gasteiger partial charge in [0.1, 0.15) is 0 Å². The van der Waals surface area contributed by atoms with Gasteiger partial charge < -0.3 is 14.8 Å². The molecule has 1 saturated heterocycles. The van der Waals surface area contributed by atoms with E-state index in [0.717, 1.165) is 49.5 Å². The van der Waals surface area contributed by atoms with Crippen LogP contribution in [0, 0.1) is 11.8 Å². The summed E-state index contributed by atoms with van der Waals surface area (Å²) < 4.78 is 0. The zero-order valence-corrected chi connectivity index (χ0v) is 20.5. The number of piperazine rings is 1. The van der Waals surface area contributed by atoms with Crippen LogP contribution >= 0.6 is 11.3 Å². The highest BCUT2D eigenvalue weighted by molar-refractivity contribution is 7.17. The molecule has 0 bridgehead atoms. The summed E-state index contributed by atoms with van der Waals surface area (Å²) >= 11 is 1.46. The minimum Gasteiger partial charge on any atom is -0.361 e. The summed E-state index contributed by atoms with van der Waals surface area (Å²) in [6, 6.07) is 8.88. The van der Waals surface area contributed by atoms with Crippen molar-refractivity contribution in [1.82, 2.24) is 20.1 Å². The summed E-state index contributed by atoms with van der Waals surface area (Å²) in [7, 11) is 2.15. The fourth-order valence-electron chi connectivity index (χ4n) is 4.48. The number of ketones is 1. The van der Waals surface area contributed by atoms with Crippen LogP contribution in [-0.4, -0.2) is 58.6 Å². The summed E-state index contributed by atoms with van der Waals surface area (Å²) in [4.78, 5) is 21.2. The van der Waals surface area contributed by atoms with Crippen molar-refractivity contribution >= 4 is 33.2 Å². The second kappa shape index (κ2) is 10.1. The second-order valence-corrected chi connectivity index (χ2v) is 10.6. The molecular formula is C25H35N5OS. The van der Waals surface area contributed by atoms with Crippen molar-refractivity contribution in [1.29, 1.82) is 0 Å². The predicted octanol–water partition coefficient (Wildman–Crippen LogP) is 5.03. The monoisotopic (exact) mass is 453 g/mol. The van der Waals surface area contributed by atoms with Crippen LogP contribution < -0.4 is 4.90 Å². The molecule has 2 atom stereocenters. The molecule has 1 aromatic carbocycles. The number of rotatable bonds is 9. The van der Waals surface area contributed by atoms with E-state index in [1.165, 1.54) is 22.3 Å². The lowest BCUT2D eigenvalue weighted by atomic mass is 9.88. The molecule has 2 unspecified atom stereocenters. The van der Waals surface area contributed by atoms with Crippen molar-refractivity contribution in [3.8, 4) is 0 Å². The quantitative estimate of drug-likeness (QED) is 0.461. The topological polar surface area (TPSA) is 65.1 Å². The zero-order valence-electron chi connectivity index (χ0n) is 19.7. The highest BCUT2D eigenvalue weighted by Crippen LogP contribution is 2.29. The van der Waals surface area contributed by atoms with Crippen molar-refractivity contribution in [3.05, 3.63) is 41.0 Å². The van der Waals surface area contributed by atoms with Crippen molar-refractivity contribution in [2.24, 2.45) is 11.8 Å². The Bertz CT molecular complexity index is 1040. The van der Waals surface area contributed by atoms with E-state index in [1.54, 1.807) is 0 Å². The molecule has 32 heavy (non-hydrogen) atoms. The molecule has 0 spiro atoms. The van der Waals surface area contributed by atoms with Gasteiger partial charge in [-0.2, -0.15) is 0 Å². The van der Waals surface area contributed by atoms with E-state index in [-0.39, 0.29) is 5.78 Å². The SMILES string of the molecule is CC(C)CCC(CC(=O)c1nnc(N2CCN(C)C(C)C2)s1)Cc1c[nH]c2ccccc12. The number of benzene rings is 1. The Hall–Kier alpha value is -2.25. The summed E-state index contributed by atoms with van der Waals surface area (Å²) in [5.74, 6) is 1.06. The first-order valence-electron chi connectivity index (χ1n) is 11.8. The number of anilines is 1. The Morgan fingerprint density at radius 1 is 1.22 bits per heavy atom. The molecule has 2 aromatic heterocycles. The molecule has 0 radical (unpaired) electrons. The first-order valence-corrected chi connectivity index (χ1v) is 12.6. The highest BCUT2D eigenvalue weighted by atomic mass is 32.1. The molecule has 1 fully saturated rings. The Kier molecular flexibility index (Phi) is 7.26. The molecule has 172 valence electrons. The number of aromatic amines is 1. The van der Waals surface area contributed by atoms with E-state index in [1.807, 2.05) is 0 Å². The Labute approximate surface area is 195 Å². The lowest BCUT2D eigenvalue weighted by Gasteiger charge is -2.37. The minimum atomic E-state index is 0.129. The fourth-order valence-corrected chi connectivity index (χ4v) is 5.31. The van der Waals surface area contributed by atoms with Gasteiger partial charge in [-0.05, 0) is 50.3 Å². The highest BCUT2D eigenvalue weighted by Gasteiger charge is 2.25. The standard InChI is InChI=1S/C25H35N5OS/c1-17(2)9-10-19(13-20-15-26-22-8-6-5-7-21(20)22)14-23(31)24-27-28-25(32-24)30-12-11-29(4)18(3)16-30/h5-8,15,17-19,26H,9-14,16H2,1-4H3. The van der Waals surface area contributed by atoms with E-state index in [9.17, 15) is 4.79 Å². The van der Waals surface area contributed by atoms with Crippen LogP contribution in [0.2, 0.25) is 0 Å². The fraction of sp³-hybridized carbons (Fsp3) is 0.560. The van der Waals surface area contributed by atoms with Gasteiger partial charge in [-0.25, -0.2) is 0 Å². The summed E-state index contributed by atoms with van der Waals surface area (Å²) in [6.07, 6.45) is 5.71. The van der Waals surface area contributed by atoms with Crippen molar-refractivity contribution in [2.45, 2.75) is 52.5 Å². The van der Waals surface area contributed by atoms with Gasteiger partial charge in [-0.1, -0.05) is 49.8 Å². The number of para-hydroxylation sites is 1. The number of likely N-dealkylation sites (N-methyl/N-ethyl adjacent to an activating group) is 1. The summed E-state index contributed by atoms with van der Waals surface area (Å²) in [5.41, 5.74) is 2.46. The molecule has 0 saturated carbocycles. The van der Waals surface area contributed by atoms with Crippen molar-refractivity contribution < 1.29 is 4.79 Å². The van der Waals surface area contributed by atoms with Gasteiger partial charge in [0.05, 0.1) is 0 Å². The maximum atomic E-state index is 13.2. The normalized spacial score (nSPS) is 18.5. The average Bonchev–Trinajstić information content (AvgIpc) is 3.42. The van der Waals surface area contributed by atoms with E-state index < -0.39 is 0 Å². The average molecular weight is 454 g/mol. The van der Waals surface area contributed by atoms with Crippen LogP contribution in [0.1, 0.15) is 55.4 Å². The number of hydrogen-bond acceptors (Lipinski definition) is 6. The van der Waals surface area contributed by atoms with Gasteiger partial charge in [0.2, 0.25) is 5.13 Å². The van der Waals surface area contributed by atoms with E-state index >= 15 is 0 Å². The number of fused-ring (bicyclic) bond motifs is 1. The number of carbonyl (C=O) groups excluding carboxylic acids is 1. The number of nitrogens with zero attached hydrogens (tertiary/aromatic N) is 4. The lowest BCUT2D eigenvalue weighted by molar-refractivity contribution is 0.0956. The minimum absolute atomic E-state index is 0.129. The molecule has 0 aliphatic carbocycles. The van der Waals surface area contributed by atoms with E-state index in [4.69, 9.17) is 0 Å². The zero-order chi connectivity index (χ0) is 22.7. The molecule has 1 aliphatic rings. The van der Waals surface area contributed by atoms with Crippen LogP contribution in [-0.2, 0) is 6.42 Å². The molecule has 1 aliphatic heterocycles. The van der Waals surface area contributed by atoms with Crippen LogP contribution in [0.5, 0.6) is 0 Å². The maximum absolute atomic E-state index is 13.2. The molecule has 3 aromatic rings. The van der Waals surface area contributed by atoms with E-state index in [2.05, 4.69) is 83.3 Å². The number of H-pyrrole nitrogens is 1. The third-order valence-electron chi connectivity index (χ3n) is 6.69. The van der Waals surface area contributed by atoms with Gasteiger partial charge in [0.25, 0.3) is 0 Å². The second-order valence-electron chi connectivity index (χ2n) is 9.69. The molecule has 4 rings (SSSR count). The smallest absolute Gasteiger partial charge is 0.208 e. The summed E-state index contributed by atoms with van der Waals surface area (Å²) in [5, 5.41) is 11.4. The first kappa shape index (κ1) is 22.9. The van der Waals surface area contributed by atoms with Gasteiger partial charge >= 0.3 is 0 Å². The number of carbonyl (C=O) groups is 1. The molecule has 3 heterocycles. The van der Waals surface area contributed by atoms with Crippen LogP contribution in [0.25, 0.3) is 10.9 Å². The van der Waals surface area contributed by atoms with Gasteiger partial charge in [-0.15, -0.1) is 10.2 Å². The van der Waals surface area contributed by atoms with Crippen molar-refractivity contribution in [2.75, 3.05) is 31.6 Å². The molecular weight excluding hydrogens is 418 g/mol. The third-order valence-corrected chi connectivity index (χ3v) is 7.72. The molecule has 7 heteroatoms. The molecule has 6 nitrogen and oxygen atoms in total. The lowest BCUT2D eigenvalue weighted by Crippen LogP contribution is -2.50. The summed E-state index contributed by atoms with van der Waals surface area (Å²) in [6.45, 7) is 9.59. The third kappa shape index (κ3) is 5.38. The number of Topliss-reactive ketones (excluding diaryl/α,β-unsaturated/α-hetero) is 1. The van der Waals surface area contributed by atoms with E-state index in [0.29, 0.717) is 29.3 Å². The number of aromatic nitrogens is 3. The van der Waals surface area contributed by atoms with Crippen LogP contribution in [0.4, 0.5) is 5.13 Å². The Morgan fingerprint density at radius 3 is 2.81 bits per heavy atom. The first-order chi connectivity index (χ1) is 15.4. The van der Waals surface area contributed by atoms with Crippen LogP contribution in [0.15, 0.2) is 30.5 Å². The van der Waals surface area contributed by atoms with Gasteiger partial charge in [0.15, 0.2) is 10.8 Å². The van der Waals surface area contributed by atoms with Crippen LogP contribution in [0.3, 0.4) is 0 Å². The van der Waals surface area contributed by atoms with Crippen molar-refractivity contribution in [3.63, 3.8) is 0 Å². The molecule has 0 amide bonds. The number of hydrogen-bond donors (Lipinski definition) is 1. The Morgan fingerprint density at radius 2 is 2.03 bits per heavy atom. The largest absolute Gasteiger partial charge is 0.361 e. The maximum Gasteiger partial charge on any atom is 0.208 e. The van der Waals surface area contributed by atoms with Gasteiger partial charge in [0, 0.05) is 49.2 Å². The molecule has 1 N–H and O–H groups in total. The number of nitrogens with one attached hydrogen (secondary N) is 1. The Balaban J connectivity index is 1.45. The predicted molar refractivity (Wildman–Crippen MR) is 133 cm³/mol.